The number of benzene rings is 1. The minimum absolute atomic E-state index is 0.156. The predicted molar refractivity (Wildman–Crippen MR) is 93.5 cm³/mol. The maximum absolute atomic E-state index is 13.2. The molecule has 1 atom stereocenters. The van der Waals surface area contributed by atoms with E-state index in [1.165, 1.54) is 0 Å². The summed E-state index contributed by atoms with van der Waals surface area (Å²) in [6.45, 7) is 3.04. The number of likely N-dealkylation sites (tertiary alicyclic amines) is 1. The highest BCUT2D eigenvalue weighted by molar-refractivity contribution is 6.30. The number of hydrogen-bond acceptors (Lipinski definition) is 4. The lowest BCUT2D eigenvalue weighted by Gasteiger charge is -2.43. The van der Waals surface area contributed by atoms with Gasteiger partial charge in [-0.15, -0.1) is 0 Å². The Balaban J connectivity index is 1.48. The molecule has 3 heterocycles. The van der Waals surface area contributed by atoms with E-state index in [1.807, 2.05) is 29.2 Å². The fourth-order valence-electron chi connectivity index (χ4n) is 4.13. The van der Waals surface area contributed by atoms with E-state index in [1.54, 1.807) is 11.9 Å². The molecule has 1 N–H and O–H groups in total. The van der Waals surface area contributed by atoms with Crippen molar-refractivity contribution in [1.29, 1.82) is 0 Å². The third-order valence-corrected chi connectivity index (χ3v) is 5.83. The van der Waals surface area contributed by atoms with Gasteiger partial charge in [-0.3, -0.25) is 4.79 Å². The van der Waals surface area contributed by atoms with E-state index in [-0.39, 0.29) is 12.0 Å². The molecule has 3 aliphatic heterocycles. The van der Waals surface area contributed by atoms with E-state index >= 15 is 0 Å². The summed E-state index contributed by atoms with van der Waals surface area (Å²) >= 11 is 5.96. The molecular formula is C18H22ClN3O3. The summed E-state index contributed by atoms with van der Waals surface area (Å²) in [6.07, 6.45) is 1.11. The molecular weight excluding hydrogens is 342 g/mol. The van der Waals surface area contributed by atoms with Gasteiger partial charge in [0, 0.05) is 38.1 Å². The summed E-state index contributed by atoms with van der Waals surface area (Å²) in [6, 6.07) is 7.68. The molecule has 134 valence electrons. The lowest BCUT2D eigenvalue weighted by atomic mass is 9.75. The quantitative estimate of drug-likeness (QED) is 0.884. The first-order chi connectivity index (χ1) is 11.9. The van der Waals surface area contributed by atoms with Gasteiger partial charge in [-0.1, -0.05) is 23.7 Å². The Hall–Kier alpha value is -1.79. The first-order valence-corrected chi connectivity index (χ1v) is 8.98. The molecule has 1 aromatic carbocycles. The standard InChI is InChI=1S/C18H22ClN3O3/c1-21-11-18(25-16(21)24)6-7-22(12-18)15(23)17(9-20-10-17)8-13-2-4-14(19)5-3-13/h2-5,20H,6-12H2,1H3. The van der Waals surface area contributed by atoms with Gasteiger partial charge in [0.15, 0.2) is 5.60 Å². The first-order valence-electron chi connectivity index (χ1n) is 8.60. The molecule has 1 spiro atoms. The molecule has 0 aromatic heterocycles. The van der Waals surface area contributed by atoms with Crippen molar-refractivity contribution in [2.45, 2.75) is 18.4 Å². The number of likely N-dealkylation sites (N-methyl/N-ethyl adjacent to an activating group) is 1. The van der Waals surface area contributed by atoms with E-state index in [2.05, 4.69) is 5.32 Å². The second-order valence-corrected chi connectivity index (χ2v) is 8.01. The molecule has 0 aliphatic carbocycles. The molecule has 3 fully saturated rings. The van der Waals surface area contributed by atoms with Gasteiger partial charge in [0.1, 0.15) is 0 Å². The maximum Gasteiger partial charge on any atom is 0.410 e. The molecule has 0 bridgehead atoms. The Bertz CT molecular complexity index is 704. The summed E-state index contributed by atoms with van der Waals surface area (Å²) in [5.41, 5.74) is 0.175. The Morgan fingerprint density at radius 3 is 2.56 bits per heavy atom. The number of ether oxygens (including phenoxy) is 1. The van der Waals surface area contributed by atoms with E-state index < -0.39 is 11.0 Å². The van der Waals surface area contributed by atoms with Gasteiger partial charge in [0.2, 0.25) is 5.91 Å². The molecule has 1 aromatic rings. The van der Waals surface area contributed by atoms with Crippen molar-refractivity contribution in [2.75, 3.05) is 39.8 Å². The van der Waals surface area contributed by atoms with Crippen molar-refractivity contribution >= 4 is 23.6 Å². The number of halogens is 1. The van der Waals surface area contributed by atoms with Crippen LogP contribution in [-0.2, 0) is 16.0 Å². The van der Waals surface area contributed by atoms with Crippen LogP contribution in [0, 0.1) is 5.41 Å². The summed E-state index contributed by atoms with van der Waals surface area (Å²) in [4.78, 5) is 28.4. The number of hydrogen-bond donors (Lipinski definition) is 1. The van der Waals surface area contributed by atoms with Gasteiger partial charge in [0.25, 0.3) is 0 Å². The van der Waals surface area contributed by atoms with Gasteiger partial charge < -0.3 is 19.9 Å². The van der Waals surface area contributed by atoms with Crippen LogP contribution in [0.3, 0.4) is 0 Å². The van der Waals surface area contributed by atoms with Crippen molar-refractivity contribution in [3.8, 4) is 0 Å². The van der Waals surface area contributed by atoms with Crippen molar-refractivity contribution < 1.29 is 14.3 Å². The SMILES string of the molecule is CN1CC2(CCN(C(=O)C3(Cc4ccc(Cl)cc4)CNC3)C2)OC1=O. The monoisotopic (exact) mass is 363 g/mol. The largest absolute Gasteiger partial charge is 0.439 e. The maximum atomic E-state index is 13.2. The Morgan fingerprint density at radius 2 is 2.00 bits per heavy atom. The fraction of sp³-hybridized carbons (Fsp3) is 0.556. The lowest BCUT2D eigenvalue weighted by molar-refractivity contribution is -0.145. The van der Waals surface area contributed by atoms with Crippen molar-refractivity contribution in [1.82, 2.24) is 15.1 Å². The number of carbonyl (C=O) groups excluding carboxylic acids is 2. The highest BCUT2D eigenvalue weighted by Crippen LogP contribution is 2.37. The molecule has 3 aliphatic rings. The molecule has 3 saturated heterocycles. The van der Waals surface area contributed by atoms with Gasteiger partial charge >= 0.3 is 6.09 Å². The van der Waals surface area contributed by atoms with E-state index in [4.69, 9.17) is 16.3 Å². The number of rotatable bonds is 3. The summed E-state index contributed by atoms with van der Waals surface area (Å²) < 4.78 is 5.56. The summed E-state index contributed by atoms with van der Waals surface area (Å²) in [7, 11) is 1.74. The molecule has 2 amide bonds. The highest BCUT2D eigenvalue weighted by atomic mass is 35.5. The van der Waals surface area contributed by atoms with Gasteiger partial charge in [-0.05, 0) is 24.1 Å². The number of nitrogens with zero attached hydrogens (tertiary/aromatic N) is 2. The normalized spacial score (nSPS) is 27.5. The van der Waals surface area contributed by atoms with Crippen LogP contribution >= 0.6 is 11.6 Å². The third kappa shape index (κ3) is 2.87. The van der Waals surface area contributed by atoms with Gasteiger partial charge in [-0.2, -0.15) is 0 Å². The van der Waals surface area contributed by atoms with Crippen LogP contribution in [0.1, 0.15) is 12.0 Å². The van der Waals surface area contributed by atoms with Crippen LogP contribution < -0.4 is 5.32 Å². The van der Waals surface area contributed by atoms with Crippen LogP contribution in [0.25, 0.3) is 0 Å². The minimum atomic E-state index is -0.528. The molecule has 0 saturated carbocycles. The van der Waals surface area contributed by atoms with Gasteiger partial charge in [0.05, 0.1) is 18.5 Å². The van der Waals surface area contributed by atoms with Crippen molar-refractivity contribution in [2.24, 2.45) is 5.41 Å². The molecule has 7 heteroatoms. The van der Waals surface area contributed by atoms with Crippen molar-refractivity contribution in [3.05, 3.63) is 34.9 Å². The molecule has 25 heavy (non-hydrogen) atoms. The second-order valence-electron chi connectivity index (χ2n) is 7.57. The number of nitrogens with one attached hydrogen (secondary N) is 1. The molecule has 0 radical (unpaired) electrons. The highest BCUT2D eigenvalue weighted by Gasteiger charge is 2.53. The Morgan fingerprint density at radius 1 is 1.28 bits per heavy atom. The Labute approximate surface area is 152 Å². The molecule has 6 nitrogen and oxygen atoms in total. The third-order valence-electron chi connectivity index (χ3n) is 5.58. The van der Waals surface area contributed by atoms with Crippen molar-refractivity contribution in [3.63, 3.8) is 0 Å². The lowest BCUT2D eigenvalue weighted by Crippen LogP contribution is -2.63. The smallest absolute Gasteiger partial charge is 0.410 e. The van der Waals surface area contributed by atoms with Crippen LogP contribution in [0.4, 0.5) is 4.79 Å². The zero-order chi connectivity index (χ0) is 17.7. The van der Waals surface area contributed by atoms with Crippen LogP contribution in [0.5, 0.6) is 0 Å². The predicted octanol–water partition coefficient (Wildman–Crippen LogP) is 1.53. The first kappa shape index (κ1) is 16.7. The summed E-state index contributed by atoms with van der Waals surface area (Å²) in [5, 5.41) is 3.94. The summed E-state index contributed by atoms with van der Waals surface area (Å²) in [5.74, 6) is 0.156. The Kier molecular flexibility index (Phi) is 3.92. The fourth-order valence-corrected chi connectivity index (χ4v) is 4.26. The topological polar surface area (TPSA) is 61.9 Å². The van der Waals surface area contributed by atoms with Crippen LogP contribution in [-0.4, -0.2) is 67.2 Å². The number of carbonyl (C=O) groups is 2. The molecule has 4 rings (SSSR count). The average Bonchev–Trinajstić information content (AvgIpc) is 3.07. The van der Waals surface area contributed by atoms with Crippen LogP contribution in [0.2, 0.25) is 5.02 Å². The average molecular weight is 364 g/mol. The van der Waals surface area contributed by atoms with E-state index in [0.29, 0.717) is 50.6 Å². The van der Waals surface area contributed by atoms with E-state index in [9.17, 15) is 9.59 Å². The minimum Gasteiger partial charge on any atom is -0.439 e. The number of amides is 2. The van der Waals surface area contributed by atoms with Crippen LogP contribution in [0.15, 0.2) is 24.3 Å². The zero-order valence-corrected chi connectivity index (χ0v) is 15.0. The molecule has 1 unspecified atom stereocenters. The second kappa shape index (κ2) is 5.88. The van der Waals surface area contributed by atoms with E-state index in [0.717, 1.165) is 5.56 Å². The van der Waals surface area contributed by atoms with Gasteiger partial charge in [-0.25, -0.2) is 4.79 Å². The zero-order valence-electron chi connectivity index (χ0n) is 14.3.